The molecule has 0 saturated heterocycles. The maximum atomic E-state index is 12.2. The lowest BCUT2D eigenvalue weighted by Crippen LogP contribution is -2.33. The normalized spacial score (nSPS) is 22.4. The van der Waals surface area contributed by atoms with Gasteiger partial charge in [-0.3, -0.25) is 0 Å². The summed E-state index contributed by atoms with van der Waals surface area (Å²) in [6, 6.07) is 9.23. The van der Waals surface area contributed by atoms with Crippen LogP contribution in [0.25, 0.3) is 22.7 Å². The van der Waals surface area contributed by atoms with E-state index in [0.29, 0.717) is 23.3 Å². The molecule has 2 aromatic heterocycles. The summed E-state index contributed by atoms with van der Waals surface area (Å²) in [6.07, 6.45) is 14.9. The summed E-state index contributed by atoms with van der Waals surface area (Å²) in [5.41, 5.74) is 5.88. The molecule has 3 aromatic rings. The van der Waals surface area contributed by atoms with Crippen LogP contribution in [0.15, 0.2) is 30.5 Å². The zero-order chi connectivity index (χ0) is 24.1. The molecule has 1 aromatic carbocycles. The van der Waals surface area contributed by atoms with Gasteiger partial charge in [0, 0.05) is 40.0 Å². The van der Waals surface area contributed by atoms with Crippen molar-refractivity contribution in [1.29, 1.82) is 0 Å². The van der Waals surface area contributed by atoms with Gasteiger partial charge in [0.2, 0.25) is 0 Å². The van der Waals surface area contributed by atoms with Crippen LogP contribution >= 0.6 is 0 Å². The van der Waals surface area contributed by atoms with Crippen molar-refractivity contribution in [3.8, 4) is 0 Å². The Kier molecular flexibility index (Phi) is 5.84. The van der Waals surface area contributed by atoms with Crippen LogP contribution in [0.1, 0.15) is 91.2 Å². The lowest BCUT2D eigenvalue weighted by atomic mass is 9.72. The minimum absolute atomic E-state index is 0.313. The molecule has 184 valence electrons. The Bertz CT molecular complexity index is 1390. The van der Waals surface area contributed by atoms with Crippen molar-refractivity contribution in [2.24, 2.45) is 5.92 Å². The maximum absolute atomic E-state index is 12.2. The van der Waals surface area contributed by atoms with Gasteiger partial charge >= 0.3 is 5.97 Å². The number of aromatic amines is 1. The van der Waals surface area contributed by atoms with Gasteiger partial charge in [0.1, 0.15) is 0 Å². The van der Waals surface area contributed by atoms with E-state index in [9.17, 15) is 9.90 Å². The van der Waals surface area contributed by atoms with Crippen LogP contribution in [0.3, 0.4) is 0 Å². The molecule has 0 radical (unpaired) electrons. The van der Waals surface area contributed by atoms with Crippen molar-refractivity contribution in [1.82, 2.24) is 14.5 Å². The van der Waals surface area contributed by atoms with E-state index in [0.717, 1.165) is 30.0 Å². The standard InChI is InChI=1S/C30H37N3O2/c1-32(2)15-14-20-10-6-13-23-27(20)26-16-21-11-7-12-22(19-8-4-3-5-9-19)29(21)33(26)18-25-24(30(34)35)17-31-28(23)25/h7,11-12,16-20,27,31H,3-6,8-10,13-15H2,1-2H3,(H,34,35)/t20?,27-/m1/s1. The second kappa shape index (κ2) is 9.02. The van der Waals surface area contributed by atoms with Crippen molar-refractivity contribution >= 4 is 28.6 Å². The lowest BCUT2D eigenvalue weighted by molar-refractivity contribution is 0.0696. The average molecular weight is 472 g/mol. The Hall–Kier alpha value is -2.79. The van der Waals surface area contributed by atoms with E-state index in [2.05, 4.69) is 59.0 Å². The largest absolute Gasteiger partial charge is 0.478 e. The average Bonchev–Trinajstić information content (AvgIpc) is 3.42. The quantitative estimate of drug-likeness (QED) is 0.550. The van der Waals surface area contributed by atoms with Crippen LogP contribution in [-0.2, 0) is 0 Å². The zero-order valence-electron chi connectivity index (χ0n) is 21.0. The molecule has 2 saturated carbocycles. The number of benzene rings is 1. The van der Waals surface area contributed by atoms with E-state index in [1.807, 2.05) is 0 Å². The molecular formula is C30H37N3O2. The van der Waals surface area contributed by atoms with Crippen molar-refractivity contribution in [3.63, 3.8) is 0 Å². The molecule has 1 aliphatic heterocycles. The molecule has 5 nitrogen and oxygen atoms in total. The number of hydrogen-bond acceptors (Lipinski definition) is 2. The Morgan fingerprint density at radius 3 is 2.74 bits per heavy atom. The summed E-state index contributed by atoms with van der Waals surface area (Å²) >= 11 is 0. The molecule has 2 N–H and O–H groups in total. The van der Waals surface area contributed by atoms with Crippen molar-refractivity contribution < 1.29 is 9.90 Å². The third kappa shape index (κ3) is 3.85. The lowest BCUT2D eigenvalue weighted by Gasteiger charge is -2.34. The van der Waals surface area contributed by atoms with Crippen molar-refractivity contribution in [2.45, 2.75) is 69.6 Å². The first kappa shape index (κ1) is 22.7. The number of carboxylic acid groups (broad SMARTS) is 1. The minimum atomic E-state index is -0.858. The van der Waals surface area contributed by atoms with Crippen molar-refractivity contribution in [3.05, 3.63) is 57.9 Å². The topological polar surface area (TPSA) is 61.3 Å². The van der Waals surface area contributed by atoms with Gasteiger partial charge in [0.05, 0.1) is 11.1 Å². The fourth-order valence-electron chi connectivity index (χ4n) is 7.19. The molecule has 0 spiro atoms. The monoisotopic (exact) mass is 471 g/mol. The number of carbonyl (C=O) groups is 1. The summed E-state index contributed by atoms with van der Waals surface area (Å²) in [4.78, 5) is 17.9. The number of aromatic carboxylic acids is 1. The summed E-state index contributed by atoms with van der Waals surface area (Å²) in [5, 5.41) is 13.2. The van der Waals surface area contributed by atoms with Crippen LogP contribution < -0.4 is 10.6 Å². The fourth-order valence-corrected chi connectivity index (χ4v) is 7.19. The predicted molar refractivity (Wildman–Crippen MR) is 141 cm³/mol. The molecular weight excluding hydrogens is 434 g/mol. The van der Waals surface area contributed by atoms with Gasteiger partial charge < -0.3 is 19.6 Å². The molecule has 3 aliphatic rings. The summed E-state index contributed by atoms with van der Waals surface area (Å²) in [6.45, 7) is 1.07. The highest BCUT2D eigenvalue weighted by Crippen LogP contribution is 2.47. The first-order valence-electron chi connectivity index (χ1n) is 13.5. The number of fused-ring (bicyclic) bond motifs is 6. The Balaban J connectivity index is 1.63. The summed E-state index contributed by atoms with van der Waals surface area (Å²) in [5.74, 6) is 0.599. The van der Waals surface area contributed by atoms with Gasteiger partial charge in [0.25, 0.3) is 0 Å². The molecule has 3 heterocycles. The van der Waals surface area contributed by atoms with Gasteiger partial charge in [-0.1, -0.05) is 37.5 Å². The predicted octanol–water partition coefficient (Wildman–Crippen LogP) is 5.00. The maximum Gasteiger partial charge on any atom is 0.337 e. The van der Waals surface area contributed by atoms with Gasteiger partial charge in [-0.2, -0.15) is 0 Å². The minimum Gasteiger partial charge on any atom is -0.478 e. The number of rotatable bonds is 5. The highest BCUT2D eigenvalue weighted by molar-refractivity contribution is 5.91. The smallest absolute Gasteiger partial charge is 0.337 e. The van der Waals surface area contributed by atoms with Crippen molar-refractivity contribution in [2.75, 3.05) is 20.6 Å². The molecule has 2 aliphatic carbocycles. The first-order valence-corrected chi connectivity index (χ1v) is 13.5. The third-order valence-corrected chi connectivity index (χ3v) is 8.83. The number of para-hydroxylation sites is 1. The van der Waals surface area contributed by atoms with E-state index in [4.69, 9.17) is 0 Å². The van der Waals surface area contributed by atoms with E-state index < -0.39 is 5.97 Å². The third-order valence-electron chi connectivity index (χ3n) is 8.83. The highest BCUT2D eigenvalue weighted by atomic mass is 16.4. The second-order valence-corrected chi connectivity index (χ2v) is 11.2. The number of nitrogens with one attached hydrogen (secondary N) is 1. The molecule has 0 amide bonds. The van der Waals surface area contributed by atoms with E-state index in [1.54, 1.807) is 6.20 Å². The molecule has 2 fully saturated rings. The molecule has 5 heteroatoms. The zero-order valence-corrected chi connectivity index (χ0v) is 21.0. The number of aromatic nitrogens is 2. The van der Waals surface area contributed by atoms with Crippen LogP contribution in [-0.4, -0.2) is 46.2 Å². The number of carboxylic acids is 1. The van der Waals surface area contributed by atoms with Crippen LogP contribution in [0.5, 0.6) is 0 Å². The molecule has 2 atom stereocenters. The second-order valence-electron chi connectivity index (χ2n) is 11.2. The van der Waals surface area contributed by atoms with Crippen LogP contribution in [0, 0.1) is 5.92 Å². The molecule has 1 unspecified atom stereocenters. The van der Waals surface area contributed by atoms with E-state index in [1.165, 1.54) is 72.7 Å². The van der Waals surface area contributed by atoms with Gasteiger partial charge in [-0.25, -0.2) is 4.79 Å². The summed E-state index contributed by atoms with van der Waals surface area (Å²) < 4.78 is 2.41. The number of hydrogen-bond donors (Lipinski definition) is 2. The van der Waals surface area contributed by atoms with Gasteiger partial charge in [-0.15, -0.1) is 0 Å². The Morgan fingerprint density at radius 2 is 1.97 bits per heavy atom. The Morgan fingerprint density at radius 1 is 1.14 bits per heavy atom. The van der Waals surface area contributed by atoms with Gasteiger partial charge in [-0.05, 0) is 88.2 Å². The number of H-pyrrole nitrogens is 1. The molecule has 6 rings (SSSR count). The van der Waals surface area contributed by atoms with E-state index in [-0.39, 0.29) is 0 Å². The molecule has 35 heavy (non-hydrogen) atoms. The van der Waals surface area contributed by atoms with Crippen LogP contribution in [0.2, 0.25) is 0 Å². The summed E-state index contributed by atoms with van der Waals surface area (Å²) in [7, 11) is 4.31. The fraction of sp³-hybridized carbons (Fsp3) is 0.500. The highest BCUT2D eigenvalue weighted by Gasteiger charge is 2.35. The van der Waals surface area contributed by atoms with Crippen LogP contribution in [0.4, 0.5) is 0 Å². The van der Waals surface area contributed by atoms with Gasteiger partial charge in [0.15, 0.2) is 0 Å². The first-order chi connectivity index (χ1) is 17.0. The number of nitrogens with zero attached hydrogens (tertiary/aromatic N) is 2. The van der Waals surface area contributed by atoms with E-state index >= 15 is 0 Å². The SMILES string of the molecule is CN(C)CCC1CCCC2=c3[nH]cc(C(=O)O)c3=Cn3c(cc4cccc(C5CCCCC5)c43)[C@@H]21. The molecule has 0 bridgehead atoms. The Labute approximate surface area is 207 Å².